The molecule has 174 valence electrons. The zero-order chi connectivity index (χ0) is 24.3. The number of sulfonamides is 1. The number of carbonyl (C=O) groups excluding carboxylic acids is 1. The zero-order valence-electron chi connectivity index (χ0n) is 18.4. The highest BCUT2D eigenvalue weighted by Gasteiger charge is 2.29. The van der Waals surface area contributed by atoms with E-state index in [0.29, 0.717) is 5.01 Å². The molecule has 4 aromatic rings. The first kappa shape index (κ1) is 23.9. The first-order valence-corrected chi connectivity index (χ1v) is 12.9. The molecule has 4 rings (SSSR count). The lowest BCUT2D eigenvalue weighted by atomic mass is 10.2. The van der Waals surface area contributed by atoms with Crippen LogP contribution in [0.15, 0.2) is 77.7 Å². The van der Waals surface area contributed by atoms with Gasteiger partial charge in [0.2, 0.25) is 11.0 Å². The minimum absolute atomic E-state index is 0.0587. The number of hydrogen-bond acceptors (Lipinski definition) is 6. The van der Waals surface area contributed by atoms with Gasteiger partial charge in [0.05, 0.1) is 15.6 Å². The molecule has 0 saturated carbocycles. The van der Waals surface area contributed by atoms with Crippen molar-refractivity contribution in [1.29, 1.82) is 0 Å². The third kappa shape index (κ3) is 5.27. The second-order valence-electron chi connectivity index (χ2n) is 7.60. The van der Waals surface area contributed by atoms with Gasteiger partial charge in [-0.2, -0.15) is 0 Å². The molecule has 10 heteroatoms. The van der Waals surface area contributed by atoms with E-state index in [4.69, 9.17) is 11.6 Å². The second-order valence-corrected chi connectivity index (χ2v) is 10.8. The molecule has 0 spiro atoms. The van der Waals surface area contributed by atoms with Gasteiger partial charge in [0, 0.05) is 5.56 Å². The van der Waals surface area contributed by atoms with Gasteiger partial charge in [0.15, 0.2) is 0 Å². The molecule has 1 heterocycles. The molecule has 1 aromatic heterocycles. The van der Waals surface area contributed by atoms with Gasteiger partial charge in [0.25, 0.3) is 10.0 Å². The second kappa shape index (κ2) is 9.92. The standard InChI is InChI=1S/C24H21ClN4O3S2/c1-16-7-11-18(12-8-16)23-27-28-24(33-23)26-22(30)15-29(21-6-4-3-5-20(21)25)34(31,32)19-13-9-17(2)10-14-19/h3-14H,15H2,1-2H3,(H,26,28,30). The molecule has 0 bridgehead atoms. The van der Waals surface area contributed by atoms with Gasteiger partial charge < -0.3 is 0 Å². The highest BCUT2D eigenvalue weighted by molar-refractivity contribution is 7.92. The molecular formula is C24H21ClN4O3S2. The van der Waals surface area contributed by atoms with E-state index in [1.807, 2.05) is 38.1 Å². The van der Waals surface area contributed by atoms with Gasteiger partial charge in [-0.1, -0.05) is 82.6 Å². The van der Waals surface area contributed by atoms with E-state index in [0.717, 1.165) is 21.0 Å². The van der Waals surface area contributed by atoms with Crippen LogP contribution in [0, 0.1) is 13.8 Å². The van der Waals surface area contributed by atoms with Crippen LogP contribution >= 0.6 is 22.9 Å². The largest absolute Gasteiger partial charge is 0.299 e. The van der Waals surface area contributed by atoms with Gasteiger partial charge in [-0.3, -0.25) is 14.4 Å². The van der Waals surface area contributed by atoms with E-state index in [2.05, 4.69) is 15.5 Å². The Morgan fingerprint density at radius 3 is 2.21 bits per heavy atom. The topological polar surface area (TPSA) is 92.3 Å². The fourth-order valence-electron chi connectivity index (χ4n) is 3.17. The number of nitrogens with one attached hydrogen (secondary N) is 1. The van der Waals surface area contributed by atoms with E-state index >= 15 is 0 Å². The summed E-state index contributed by atoms with van der Waals surface area (Å²) in [6, 6.07) is 20.7. The minimum atomic E-state index is -4.07. The van der Waals surface area contributed by atoms with E-state index in [1.165, 1.54) is 23.5 Å². The SMILES string of the molecule is Cc1ccc(-c2nnc(NC(=O)CN(c3ccccc3Cl)S(=O)(=O)c3ccc(C)cc3)s2)cc1. The highest BCUT2D eigenvalue weighted by atomic mass is 35.5. The molecule has 1 amide bonds. The molecule has 3 aromatic carbocycles. The van der Waals surface area contributed by atoms with Gasteiger partial charge in [-0.25, -0.2) is 8.42 Å². The van der Waals surface area contributed by atoms with Crippen molar-refractivity contribution < 1.29 is 13.2 Å². The van der Waals surface area contributed by atoms with Crippen LogP contribution in [0.3, 0.4) is 0 Å². The Bertz CT molecular complexity index is 1420. The van der Waals surface area contributed by atoms with Crippen LogP contribution in [0.1, 0.15) is 11.1 Å². The highest BCUT2D eigenvalue weighted by Crippen LogP contribution is 2.31. The molecule has 0 atom stereocenters. The molecule has 0 aliphatic rings. The zero-order valence-corrected chi connectivity index (χ0v) is 20.8. The molecule has 7 nitrogen and oxygen atoms in total. The molecule has 34 heavy (non-hydrogen) atoms. The van der Waals surface area contributed by atoms with Crippen LogP contribution in [-0.2, 0) is 14.8 Å². The third-order valence-corrected chi connectivity index (χ3v) is 7.97. The van der Waals surface area contributed by atoms with E-state index in [-0.39, 0.29) is 20.7 Å². The van der Waals surface area contributed by atoms with Crippen molar-refractivity contribution in [3.63, 3.8) is 0 Å². The summed E-state index contributed by atoms with van der Waals surface area (Å²) < 4.78 is 27.9. The monoisotopic (exact) mass is 512 g/mol. The number of para-hydroxylation sites is 1. The Balaban J connectivity index is 1.59. The molecule has 0 aliphatic carbocycles. The molecule has 0 radical (unpaired) electrons. The maximum absolute atomic E-state index is 13.5. The molecular weight excluding hydrogens is 492 g/mol. The number of rotatable bonds is 7. The molecule has 0 unspecified atom stereocenters. The van der Waals surface area contributed by atoms with Crippen molar-refractivity contribution in [2.75, 3.05) is 16.2 Å². The summed E-state index contributed by atoms with van der Waals surface area (Å²) in [7, 11) is -4.07. The number of aryl methyl sites for hydroxylation is 2. The molecule has 0 saturated heterocycles. The summed E-state index contributed by atoms with van der Waals surface area (Å²) in [6.07, 6.45) is 0. The van der Waals surface area contributed by atoms with E-state index in [1.54, 1.807) is 36.4 Å². The number of benzene rings is 3. The number of amides is 1. The van der Waals surface area contributed by atoms with Crippen molar-refractivity contribution in [3.05, 3.63) is 88.9 Å². The predicted molar refractivity (Wildman–Crippen MR) is 136 cm³/mol. The summed E-state index contributed by atoms with van der Waals surface area (Å²) >= 11 is 7.51. The smallest absolute Gasteiger partial charge is 0.264 e. The maximum Gasteiger partial charge on any atom is 0.264 e. The van der Waals surface area contributed by atoms with Crippen molar-refractivity contribution in [1.82, 2.24) is 10.2 Å². The quantitative estimate of drug-likeness (QED) is 0.362. The molecule has 1 N–H and O–H groups in total. The fourth-order valence-corrected chi connectivity index (χ4v) is 5.66. The Morgan fingerprint density at radius 2 is 1.56 bits per heavy atom. The van der Waals surface area contributed by atoms with Crippen molar-refractivity contribution >= 4 is 49.7 Å². The van der Waals surface area contributed by atoms with Gasteiger partial charge in [-0.15, -0.1) is 10.2 Å². The molecule has 0 fully saturated rings. The van der Waals surface area contributed by atoms with Crippen LogP contribution in [-0.4, -0.2) is 31.1 Å². The van der Waals surface area contributed by atoms with Crippen molar-refractivity contribution in [2.45, 2.75) is 18.7 Å². The average Bonchev–Trinajstić information content (AvgIpc) is 3.27. The summed E-state index contributed by atoms with van der Waals surface area (Å²) in [4.78, 5) is 13.0. The van der Waals surface area contributed by atoms with Crippen molar-refractivity contribution in [2.24, 2.45) is 0 Å². The lowest BCUT2D eigenvalue weighted by molar-refractivity contribution is -0.114. The Labute approximate surface area is 207 Å². The number of halogens is 1. The Morgan fingerprint density at radius 1 is 0.941 bits per heavy atom. The number of anilines is 2. The fraction of sp³-hybridized carbons (Fsp3) is 0.125. The van der Waals surface area contributed by atoms with Gasteiger partial charge in [-0.05, 0) is 38.1 Å². The van der Waals surface area contributed by atoms with Gasteiger partial charge >= 0.3 is 0 Å². The summed E-state index contributed by atoms with van der Waals surface area (Å²) in [5.41, 5.74) is 3.12. The number of hydrogen-bond donors (Lipinski definition) is 1. The third-order valence-electron chi connectivity index (χ3n) is 4.99. The van der Waals surface area contributed by atoms with Crippen LogP contribution in [0.4, 0.5) is 10.8 Å². The first-order chi connectivity index (χ1) is 16.2. The molecule has 0 aliphatic heterocycles. The first-order valence-electron chi connectivity index (χ1n) is 10.3. The van der Waals surface area contributed by atoms with Crippen LogP contribution < -0.4 is 9.62 Å². The van der Waals surface area contributed by atoms with Crippen LogP contribution in [0.5, 0.6) is 0 Å². The maximum atomic E-state index is 13.5. The van der Waals surface area contributed by atoms with Gasteiger partial charge in [0.1, 0.15) is 11.6 Å². The number of carbonyl (C=O) groups is 1. The number of aromatic nitrogens is 2. The lowest BCUT2D eigenvalue weighted by Gasteiger charge is -2.24. The van der Waals surface area contributed by atoms with E-state index < -0.39 is 22.5 Å². The van der Waals surface area contributed by atoms with Crippen molar-refractivity contribution in [3.8, 4) is 10.6 Å². The van der Waals surface area contributed by atoms with Crippen LogP contribution in [0.25, 0.3) is 10.6 Å². The summed E-state index contributed by atoms with van der Waals surface area (Å²) in [6.45, 7) is 3.37. The Hall–Kier alpha value is -3.27. The number of nitrogens with zero attached hydrogens (tertiary/aromatic N) is 3. The summed E-state index contributed by atoms with van der Waals surface area (Å²) in [5.74, 6) is -0.567. The predicted octanol–water partition coefficient (Wildman–Crippen LogP) is 5.31. The average molecular weight is 513 g/mol. The van der Waals surface area contributed by atoms with E-state index in [9.17, 15) is 13.2 Å². The minimum Gasteiger partial charge on any atom is -0.299 e. The normalized spacial score (nSPS) is 11.3. The lowest BCUT2D eigenvalue weighted by Crippen LogP contribution is -2.38. The van der Waals surface area contributed by atoms with Crippen LogP contribution in [0.2, 0.25) is 5.02 Å². The Kier molecular flexibility index (Phi) is 6.97. The summed E-state index contributed by atoms with van der Waals surface area (Å²) in [5, 5.41) is 11.9.